The zero-order chi connectivity index (χ0) is 18.9. The number of ether oxygens (including phenoxy) is 1. The fraction of sp³-hybridized carbons (Fsp3) is 0.136. The summed E-state index contributed by atoms with van der Waals surface area (Å²) in [7, 11) is 0. The summed E-state index contributed by atoms with van der Waals surface area (Å²) in [5, 5.41) is 15.2. The number of thioether (sulfide) groups is 1. The second kappa shape index (κ2) is 7.13. The third-order valence-electron chi connectivity index (χ3n) is 4.68. The number of hydrogen-bond donors (Lipinski definition) is 1. The topological polar surface area (TPSA) is 59.9 Å². The van der Waals surface area contributed by atoms with E-state index in [0.717, 1.165) is 22.6 Å². The smallest absolute Gasteiger partial charge is 0.247 e. The zero-order valence-electron chi connectivity index (χ0n) is 15.3. The SMILES string of the molecule is CCSc1nnc2c(n1)O[C@@H](c1ccc3ccccc3c1)Nc1ccccc1-2. The van der Waals surface area contributed by atoms with Gasteiger partial charge in [-0.15, -0.1) is 10.2 Å². The molecule has 2 heterocycles. The maximum Gasteiger partial charge on any atom is 0.247 e. The fourth-order valence-electron chi connectivity index (χ4n) is 3.36. The lowest BCUT2D eigenvalue weighted by Gasteiger charge is -2.19. The number of rotatable bonds is 3. The molecule has 6 heteroatoms. The minimum absolute atomic E-state index is 0.372. The van der Waals surface area contributed by atoms with E-state index < -0.39 is 0 Å². The van der Waals surface area contributed by atoms with E-state index in [9.17, 15) is 0 Å². The number of para-hydroxylation sites is 1. The van der Waals surface area contributed by atoms with Crippen molar-refractivity contribution in [3.63, 3.8) is 0 Å². The Morgan fingerprint density at radius 2 is 1.79 bits per heavy atom. The van der Waals surface area contributed by atoms with Crippen LogP contribution in [0.3, 0.4) is 0 Å². The molecule has 1 aromatic heterocycles. The lowest BCUT2D eigenvalue weighted by atomic mass is 10.1. The van der Waals surface area contributed by atoms with Gasteiger partial charge >= 0.3 is 0 Å². The Labute approximate surface area is 167 Å². The van der Waals surface area contributed by atoms with Gasteiger partial charge in [-0.3, -0.25) is 0 Å². The van der Waals surface area contributed by atoms with Gasteiger partial charge in [-0.1, -0.05) is 73.3 Å². The molecular weight excluding hydrogens is 368 g/mol. The number of hydrogen-bond acceptors (Lipinski definition) is 6. The Kier molecular flexibility index (Phi) is 4.33. The highest BCUT2D eigenvalue weighted by Crippen LogP contribution is 2.39. The van der Waals surface area contributed by atoms with Crippen molar-refractivity contribution < 1.29 is 4.74 Å². The lowest BCUT2D eigenvalue weighted by molar-refractivity contribution is 0.225. The van der Waals surface area contributed by atoms with E-state index in [1.165, 1.54) is 10.8 Å². The van der Waals surface area contributed by atoms with E-state index in [1.807, 2.05) is 36.4 Å². The summed E-state index contributed by atoms with van der Waals surface area (Å²) in [6.45, 7) is 2.06. The molecule has 0 bridgehead atoms. The molecule has 1 N–H and O–H groups in total. The molecule has 1 aliphatic rings. The van der Waals surface area contributed by atoms with Gasteiger partial charge in [0.15, 0.2) is 11.9 Å². The monoisotopic (exact) mass is 386 g/mol. The van der Waals surface area contributed by atoms with Crippen LogP contribution in [-0.4, -0.2) is 20.9 Å². The highest BCUT2D eigenvalue weighted by Gasteiger charge is 2.26. The van der Waals surface area contributed by atoms with Crippen molar-refractivity contribution in [1.82, 2.24) is 15.2 Å². The molecule has 0 radical (unpaired) electrons. The Morgan fingerprint density at radius 1 is 0.964 bits per heavy atom. The van der Waals surface area contributed by atoms with Gasteiger partial charge in [-0.2, -0.15) is 4.98 Å². The van der Waals surface area contributed by atoms with Gasteiger partial charge < -0.3 is 10.1 Å². The van der Waals surface area contributed by atoms with E-state index in [-0.39, 0.29) is 6.23 Å². The van der Waals surface area contributed by atoms with Gasteiger partial charge in [-0.05, 0) is 28.7 Å². The quantitative estimate of drug-likeness (QED) is 0.482. The molecule has 5 nitrogen and oxygen atoms in total. The molecule has 0 spiro atoms. The highest BCUT2D eigenvalue weighted by molar-refractivity contribution is 7.99. The summed E-state index contributed by atoms with van der Waals surface area (Å²) in [6, 6.07) is 22.7. The van der Waals surface area contributed by atoms with E-state index in [1.54, 1.807) is 11.8 Å². The largest absolute Gasteiger partial charge is 0.448 e. The molecule has 0 aliphatic carbocycles. The normalized spacial score (nSPS) is 15.1. The van der Waals surface area contributed by atoms with E-state index in [0.29, 0.717) is 16.7 Å². The van der Waals surface area contributed by atoms with Crippen LogP contribution in [0.1, 0.15) is 18.7 Å². The summed E-state index contributed by atoms with van der Waals surface area (Å²) in [5.41, 5.74) is 3.58. The minimum Gasteiger partial charge on any atom is -0.448 e. The highest BCUT2D eigenvalue weighted by atomic mass is 32.2. The molecule has 0 unspecified atom stereocenters. The fourth-order valence-corrected chi connectivity index (χ4v) is 3.86. The average Bonchev–Trinajstić information content (AvgIpc) is 2.90. The van der Waals surface area contributed by atoms with E-state index in [4.69, 9.17) is 4.74 Å². The van der Waals surface area contributed by atoms with Crippen molar-refractivity contribution in [2.24, 2.45) is 0 Å². The van der Waals surface area contributed by atoms with Gasteiger partial charge in [0.25, 0.3) is 0 Å². The summed E-state index contributed by atoms with van der Waals surface area (Å²) in [4.78, 5) is 4.63. The second-order valence-corrected chi connectivity index (χ2v) is 7.71. The lowest BCUT2D eigenvalue weighted by Crippen LogP contribution is -2.17. The van der Waals surface area contributed by atoms with Crippen molar-refractivity contribution in [2.45, 2.75) is 18.3 Å². The summed E-state index contributed by atoms with van der Waals surface area (Å²) < 4.78 is 6.32. The van der Waals surface area contributed by atoms with Gasteiger partial charge in [0.1, 0.15) is 0 Å². The molecule has 138 valence electrons. The number of nitrogens with one attached hydrogen (secondary N) is 1. The average molecular weight is 386 g/mol. The van der Waals surface area contributed by atoms with E-state index >= 15 is 0 Å². The molecule has 3 aromatic carbocycles. The summed E-state index contributed by atoms with van der Waals surface area (Å²) >= 11 is 1.55. The van der Waals surface area contributed by atoms with Gasteiger partial charge in [0.2, 0.25) is 11.0 Å². The molecule has 0 amide bonds. The maximum absolute atomic E-state index is 6.32. The number of aromatic nitrogens is 3. The first kappa shape index (κ1) is 17.0. The van der Waals surface area contributed by atoms with Gasteiger partial charge in [-0.25, -0.2) is 0 Å². The third kappa shape index (κ3) is 3.05. The number of nitrogens with zero attached hydrogens (tertiary/aromatic N) is 3. The second-order valence-electron chi connectivity index (χ2n) is 6.48. The van der Waals surface area contributed by atoms with Gasteiger partial charge in [0, 0.05) is 16.8 Å². The van der Waals surface area contributed by atoms with Crippen molar-refractivity contribution in [3.8, 4) is 17.1 Å². The maximum atomic E-state index is 6.32. The molecule has 1 aliphatic heterocycles. The summed E-state index contributed by atoms with van der Waals surface area (Å²) in [5.74, 6) is 1.38. The molecule has 4 aromatic rings. The van der Waals surface area contributed by atoms with Gasteiger partial charge in [0.05, 0.1) is 0 Å². The molecular formula is C22H18N4OS. The summed E-state index contributed by atoms with van der Waals surface area (Å²) in [6.07, 6.45) is -0.372. The first-order chi connectivity index (χ1) is 13.8. The van der Waals surface area contributed by atoms with Crippen LogP contribution in [0.25, 0.3) is 22.0 Å². The van der Waals surface area contributed by atoms with Crippen LogP contribution in [0, 0.1) is 0 Å². The molecule has 28 heavy (non-hydrogen) atoms. The molecule has 0 saturated carbocycles. The Hall–Kier alpha value is -3.12. The number of anilines is 1. The van der Waals surface area contributed by atoms with Crippen molar-refractivity contribution in [3.05, 3.63) is 72.3 Å². The van der Waals surface area contributed by atoms with Crippen molar-refractivity contribution >= 4 is 28.2 Å². The Bertz CT molecular complexity index is 1160. The zero-order valence-corrected chi connectivity index (χ0v) is 16.1. The van der Waals surface area contributed by atoms with Crippen LogP contribution in [0.4, 0.5) is 5.69 Å². The first-order valence-electron chi connectivity index (χ1n) is 9.20. The van der Waals surface area contributed by atoms with Crippen molar-refractivity contribution in [2.75, 3.05) is 11.1 Å². The minimum atomic E-state index is -0.372. The Balaban J connectivity index is 1.63. The molecule has 0 fully saturated rings. The first-order valence-corrected chi connectivity index (χ1v) is 10.2. The van der Waals surface area contributed by atoms with Crippen LogP contribution < -0.4 is 10.1 Å². The molecule has 1 atom stereocenters. The standard InChI is InChI=1S/C22H18N4OS/c1-2-28-22-24-21-19(25-26-22)17-9-5-6-10-18(17)23-20(27-21)16-12-11-14-7-3-4-8-15(14)13-16/h3-13,20,23H,2H2,1H3/t20-/m0/s1. The van der Waals surface area contributed by atoms with Crippen LogP contribution >= 0.6 is 11.8 Å². The van der Waals surface area contributed by atoms with Crippen LogP contribution in [0.2, 0.25) is 0 Å². The third-order valence-corrected chi connectivity index (χ3v) is 5.40. The molecule has 5 rings (SSSR count). The van der Waals surface area contributed by atoms with Crippen molar-refractivity contribution in [1.29, 1.82) is 0 Å². The number of benzene rings is 3. The van der Waals surface area contributed by atoms with Crippen LogP contribution in [0.15, 0.2) is 71.9 Å². The van der Waals surface area contributed by atoms with Crippen LogP contribution in [0.5, 0.6) is 5.88 Å². The van der Waals surface area contributed by atoms with Crippen LogP contribution in [-0.2, 0) is 0 Å². The molecule has 0 saturated heterocycles. The number of fused-ring (bicyclic) bond motifs is 4. The van der Waals surface area contributed by atoms with E-state index in [2.05, 4.69) is 57.8 Å². The predicted molar refractivity (Wildman–Crippen MR) is 113 cm³/mol. The Morgan fingerprint density at radius 3 is 2.68 bits per heavy atom. The predicted octanol–water partition coefficient (Wildman–Crippen LogP) is 5.31.